The van der Waals surface area contributed by atoms with Crippen LogP contribution in [0, 0.1) is 5.82 Å². The van der Waals surface area contributed by atoms with Gasteiger partial charge in [-0.3, -0.25) is 0 Å². The van der Waals surface area contributed by atoms with Crippen LogP contribution in [0.25, 0.3) is 23.0 Å². The van der Waals surface area contributed by atoms with E-state index in [2.05, 4.69) is 25.2 Å². The summed E-state index contributed by atoms with van der Waals surface area (Å²) in [5, 5.41) is 12.1. The van der Waals surface area contributed by atoms with E-state index < -0.39 is 6.36 Å². The van der Waals surface area contributed by atoms with Crippen molar-refractivity contribution < 1.29 is 31.6 Å². The fourth-order valence-corrected chi connectivity index (χ4v) is 3.30. The first-order valence-corrected chi connectivity index (χ1v) is 9.35. The maximum Gasteiger partial charge on any atom is 0.573 e. The molecule has 1 aliphatic heterocycles. The van der Waals surface area contributed by atoms with Gasteiger partial charge in [-0.1, -0.05) is 22.5 Å². The second kappa shape index (κ2) is 7.71. The molecule has 32 heavy (non-hydrogen) atoms. The first kappa shape index (κ1) is 20.1. The Morgan fingerprint density at radius 1 is 1.03 bits per heavy atom. The number of fused-ring (bicyclic) bond motifs is 1. The highest BCUT2D eigenvalue weighted by Gasteiger charge is 2.31. The molecular formula is C20H13F4N5O3. The highest BCUT2D eigenvalue weighted by Crippen LogP contribution is 2.31. The number of hydrogen-bond acceptors (Lipinski definition) is 7. The number of rotatable bonds is 4. The lowest BCUT2D eigenvalue weighted by Crippen LogP contribution is -2.22. The van der Waals surface area contributed by atoms with E-state index in [4.69, 9.17) is 9.26 Å². The van der Waals surface area contributed by atoms with Crippen molar-refractivity contribution in [1.82, 2.24) is 25.1 Å². The van der Waals surface area contributed by atoms with Crippen LogP contribution in [0.1, 0.15) is 17.4 Å². The summed E-state index contributed by atoms with van der Waals surface area (Å²) in [5.41, 5.74) is 2.22. The minimum Gasteiger partial charge on any atom is -0.406 e. The zero-order valence-corrected chi connectivity index (χ0v) is 16.1. The van der Waals surface area contributed by atoms with Crippen molar-refractivity contribution in [2.75, 3.05) is 0 Å². The van der Waals surface area contributed by atoms with E-state index in [1.807, 2.05) is 0 Å². The zero-order chi connectivity index (χ0) is 22.3. The number of alkyl halides is 3. The van der Waals surface area contributed by atoms with Crippen LogP contribution in [0.15, 0.2) is 53.1 Å². The molecule has 0 radical (unpaired) electrons. The molecule has 2 aromatic carbocycles. The van der Waals surface area contributed by atoms with E-state index in [0.29, 0.717) is 23.5 Å². The summed E-state index contributed by atoms with van der Waals surface area (Å²) in [7, 11) is 0. The molecule has 1 aliphatic rings. The molecule has 4 aromatic rings. The van der Waals surface area contributed by atoms with E-state index in [1.165, 1.54) is 24.3 Å². The zero-order valence-electron chi connectivity index (χ0n) is 16.1. The van der Waals surface area contributed by atoms with E-state index in [0.717, 1.165) is 17.7 Å². The van der Waals surface area contributed by atoms with Gasteiger partial charge in [0.1, 0.15) is 17.7 Å². The van der Waals surface area contributed by atoms with Gasteiger partial charge in [0.05, 0.1) is 18.8 Å². The van der Waals surface area contributed by atoms with Crippen molar-refractivity contribution in [3.8, 4) is 28.7 Å². The summed E-state index contributed by atoms with van der Waals surface area (Å²) in [4.78, 5) is 4.27. The molecule has 12 heteroatoms. The van der Waals surface area contributed by atoms with Crippen LogP contribution in [0.4, 0.5) is 17.6 Å². The maximum atomic E-state index is 13.2. The molecule has 0 bridgehead atoms. The third-order valence-electron chi connectivity index (χ3n) is 4.81. The second-order valence-electron chi connectivity index (χ2n) is 6.91. The third kappa shape index (κ3) is 4.04. The van der Waals surface area contributed by atoms with E-state index in [-0.39, 0.29) is 36.0 Å². The normalized spacial score (nSPS) is 16.1. The summed E-state index contributed by atoms with van der Waals surface area (Å²) < 4.78 is 66.7. The number of ether oxygens (including phenoxy) is 2. The van der Waals surface area contributed by atoms with Crippen molar-refractivity contribution in [2.24, 2.45) is 0 Å². The van der Waals surface area contributed by atoms with Crippen LogP contribution in [0.5, 0.6) is 5.75 Å². The lowest BCUT2D eigenvalue weighted by molar-refractivity contribution is -0.274. The first-order chi connectivity index (χ1) is 15.4. The monoisotopic (exact) mass is 447 g/mol. The molecule has 8 nitrogen and oxygen atoms in total. The molecule has 1 atom stereocenters. The van der Waals surface area contributed by atoms with Gasteiger partial charge in [-0.25, -0.2) is 9.07 Å². The fraction of sp³-hybridized carbons (Fsp3) is 0.200. The summed E-state index contributed by atoms with van der Waals surface area (Å²) >= 11 is 0. The van der Waals surface area contributed by atoms with Crippen LogP contribution in [-0.4, -0.2) is 31.5 Å². The topological polar surface area (TPSA) is 88.1 Å². The van der Waals surface area contributed by atoms with Crippen molar-refractivity contribution in [3.05, 3.63) is 65.6 Å². The number of halogens is 4. The van der Waals surface area contributed by atoms with E-state index in [9.17, 15) is 17.6 Å². The second-order valence-corrected chi connectivity index (χ2v) is 6.91. The molecule has 5 rings (SSSR count). The molecule has 164 valence electrons. The van der Waals surface area contributed by atoms with Gasteiger partial charge >= 0.3 is 6.36 Å². The van der Waals surface area contributed by atoms with Gasteiger partial charge < -0.3 is 14.0 Å². The Morgan fingerprint density at radius 3 is 2.50 bits per heavy atom. The van der Waals surface area contributed by atoms with Crippen molar-refractivity contribution in [1.29, 1.82) is 0 Å². The van der Waals surface area contributed by atoms with Gasteiger partial charge in [-0.2, -0.15) is 4.98 Å². The fourth-order valence-electron chi connectivity index (χ4n) is 3.30. The van der Waals surface area contributed by atoms with Crippen molar-refractivity contribution in [3.63, 3.8) is 0 Å². The lowest BCUT2D eigenvalue weighted by Gasteiger charge is -2.24. The Bertz CT molecular complexity index is 1240. The highest BCUT2D eigenvalue weighted by molar-refractivity contribution is 5.59. The Balaban J connectivity index is 1.34. The predicted octanol–water partition coefficient (Wildman–Crippen LogP) is 4.30. The Morgan fingerprint density at radius 2 is 1.78 bits per heavy atom. The molecule has 0 spiro atoms. The quantitative estimate of drug-likeness (QED) is 0.431. The Labute approximate surface area is 177 Å². The number of benzene rings is 2. The third-order valence-corrected chi connectivity index (χ3v) is 4.81. The summed E-state index contributed by atoms with van der Waals surface area (Å²) in [5.74, 6) is -0.421. The molecule has 0 saturated heterocycles. The number of nitrogens with zero attached hydrogens (tertiary/aromatic N) is 5. The molecule has 0 N–H and O–H groups in total. The highest BCUT2D eigenvalue weighted by atomic mass is 19.4. The summed E-state index contributed by atoms with van der Waals surface area (Å²) in [6, 6.07) is 11.1. The van der Waals surface area contributed by atoms with Crippen molar-refractivity contribution >= 4 is 0 Å². The molecule has 0 fully saturated rings. The standard InChI is InChI=1S/C20H13F4N5O3/c21-13-5-1-11(2-6-13)16-9-29-15(10-30-16)17(26-28-29)19-25-18(27-32-19)12-3-7-14(8-4-12)31-20(22,23)24/h1-8,16H,9-10H2. The van der Waals surface area contributed by atoms with Gasteiger partial charge in [-0.05, 0) is 42.0 Å². The maximum absolute atomic E-state index is 13.2. The minimum absolute atomic E-state index is 0.0979. The molecular weight excluding hydrogens is 434 g/mol. The van der Waals surface area contributed by atoms with Crippen LogP contribution < -0.4 is 4.74 Å². The largest absolute Gasteiger partial charge is 0.573 e. The Hall–Kier alpha value is -3.80. The van der Waals surface area contributed by atoms with Crippen LogP contribution in [-0.2, 0) is 17.9 Å². The van der Waals surface area contributed by atoms with Crippen LogP contribution >= 0.6 is 0 Å². The molecule has 0 amide bonds. The number of hydrogen-bond donors (Lipinski definition) is 0. The Kier molecular flexibility index (Phi) is 4.85. The van der Waals surface area contributed by atoms with Gasteiger partial charge in [0.15, 0.2) is 5.69 Å². The average molecular weight is 447 g/mol. The van der Waals surface area contributed by atoms with E-state index >= 15 is 0 Å². The average Bonchev–Trinajstić information content (AvgIpc) is 3.40. The van der Waals surface area contributed by atoms with Gasteiger partial charge in [-0.15, -0.1) is 18.3 Å². The predicted molar refractivity (Wildman–Crippen MR) is 99.4 cm³/mol. The molecule has 0 aliphatic carbocycles. The lowest BCUT2D eigenvalue weighted by atomic mass is 10.1. The van der Waals surface area contributed by atoms with Crippen molar-refractivity contribution in [2.45, 2.75) is 25.6 Å². The smallest absolute Gasteiger partial charge is 0.406 e. The van der Waals surface area contributed by atoms with Crippen LogP contribution in [0.2, 0.25) is 0 Å². The first-order valence-electron chi connectivity index (χ1n) is 9.35. The number of aromatic nitrogens is 5. The minimum atomic E-state index is -4.77. The van der Waals surface area contributed by atoms with Gasteiger partial charge in [0.2, 0.25) is 5.82 Å². The summed E-state index contributed by atoms with van der Waals surface area (Å²) in [6.45, 7) is 0.543. The molecule has 1 unspecified atom stereocenters. The summed E-state index contributed by atoms with van der Waals surface area (Å²) in [6.07, 6.45) is -5.08. The van der Waals surface area contributed by atoms with Gasteiger partial charge in [0, 0.05) is 5.56 Å². The van der Waals surface area contributed by atoms with Crippen LogP contribution in [0.3, 0.4) is 0 Å². The molecule has 3 heterocycles. The molecule has 0 saturated carbocycles. The molecule has 2 aromatic heterocycles. The van der Waals surface area contributed by atoms with E-state index in [1.54, 1.807) is 16.8 Å². The SMILES string of the molecule is Fc1ccc(C2Cn3nnc(-c4nc(-c5ccc(OC(F)(F)F)cc5)no4)c3CO2)cc1. The van der Waals surface area contributed by atoms with Gasteiger partial charge in [0.25, 0.3) is 5.89 Å².